The number of nitrogens with two attached hydrogens (primary N) is 1. The van der Waals surface area contributed by atoms with Crippen molar-refractivity contribution >= 4 is 22.4 Å². The summed E-state index contributed by atoms with van der Waals surface area (Å²) < 4.78 is 4.71. The number of esters is 1. The van der Waals surface area contributed by atoms with E-state index in [1.807, 2.05) is 0 Å². The van der Waals surface area contributed by atoms with Gasteiger partial charge in [-0.15, -0.1) is 11.3 Å². The average molecular weight is 216 g/mol. The van der Waals surface area contributed by atoms with Crippen LogP contribution in [0.2, 0.25) is 0 Å². The molecule has 0 aliphatic rings. The molecule has 0 spiro atoms. The van der Waals surface area contributed by atoms with Gasteiger partial charge >= 0.3 is 5.97 Å². The van der Waals surface area contributed by atoms with E-state index in [0.717, 1.165) is 0 Å². The van der Waals surface area contributed by atoms with E-state index < -0.39 is 11.6 Å². The van der Waals surface area contributed by atoms with Gasteiger partial charge in [0.05, 0.1) is 5.69 Å². The molecule has 0 aromatic carbocycles. The van der Waals surface area contributed by atoms with E-state index in [0.29, 0.717) is 10.8 Å². The third-order valence-corrected chi connectivity index (χ3v) is 2.30. The summed E-state index contributed by atoms with van der Waals surface area (Å²) in [6.07, 6.45) is 0. The number of carbonyl (C=O) groups excluding carboxylic acids is 1. The zero-order chi connectivity index (χ0) is 10.8. The van der Waals surface area contributed by atoms with Gasteiger partial charge in [0.25, 0.3) is 0 Å². The van der Waals surface area contributed by atoms with Gasteiger partial charge in [-0.2, -0.15) is 0 Å². The van der Waals surface area contributed by atoms with Gasteiger partial charge in [-0.1, -0.05) is 0 Å². The zero-order valence-electron chi connectivity index (χ0n) is 7.98. The Kier molecular flexibility index (Phi) is 3.07. The number of hydrogen-bond acceptors (Lipinski definition) is 6. The normalized spacial score (nSPS) is 14.8. The summed E-state index contributed by atoms with van der Waals surface area (Å²) in [5, 5.41) is 11.9. The number of hydrogen-bond donors (Lipinski definition) is 2. The van der Waals surface area contributed by atoms with Crippen molar-refractivity contribution in [2.75, 3.05) is 12.3 Å². The SMILES string of the molecule is CC(=O)OCC(C)(O)c1csc(N)n1. The zero-order valence-corrected chi connectivity index (χ0v) is 8.80. The van der Waals surface area contributed by atoms with Crippen LogP contribution in [0, 0.1) is 0 Å². The molecule has 1 heterocycles. The Morgan fingerprint density at radius 3 is 2.93 bits per heavy atom. The molecule has 0 aliphatic carbocycles. The first-order valence-corrected chi connectivity index (χ1v) is 4.87. The molecule has 1 rings (SSSR count). The fraction of sp³-hybridized carbons (Fsp3) is 0.500. The lowest BCUT2D eigenvalue weighted by molar-refractivity contribution is -0.148. The molecule has 78 valence electrons. The van der Waals surface area contributed by atoms with E-state index in [-0.39, 0.29) is 6.61 Å². The summed E-state index contributed by atoms with van der Waals surface area (Å²) in [6, 6.07) is 0. The van der Waals surface area contributed by atoms with Crippen molar-refractivity contribution < 1.29 is 14.6 Å². The minimum Gasteiger partial charge on any atom is -0.462 e. The summed E-state index contributed by atoms with van der Waals surface area (Å²) in [6.45, 7) is 2.68. The van der Waals surface area contributed by atoms with E-state index in [1.165, 1.54) is 25.2 Å². The molecule has 0 saturated heterocycles. The van der Waals surface area contributed by atoms with Crippen molar-refractivity contribution in [3.63, 3.8) is 0 Å². The van der Waals surface area contributed by atoms with Crippen LogP contribution in [0.15, 0.2) is 5.38 Å². The van der Waals surface area contributed by atoms with Gasteiger partial charge in [-0.05, 0) is 6.92 Å². The van der Waals surface area contributed by atoms with Crippen molar-refractivity contribution in [3.05, 3.63) is 11.1 Å². The Labute approximate surface area is 85.5 Å². The third-order valence-electron chi connectivity index (χ3n) is 1.63. The molecule has 0 bridgehead atoms. The Bertz CT molecular complexity index is 335. The van der Waals surface area contributed by atoms with Crippen molar-refractivity contribution in [3.8, 4) is 0 Å². The van der Waals surface area contributed by atoms with Gasteiger partial charge in [-0.3, -0.25) is 4.79 Å². The number of aromatic nitrogens is 1. The Hall–Kier alpha value is -1.14. The van der Waals surface area contributed by atoms with E-state index in [4.69, 9.17) is 10.5 Å². The lowest BCUT2D eigenvalue weighted by Crippen LogP contribution is -2.29. The molecule has 3 N–H and O–H groups in total. The predicted molar refractivity (Wildman–Crippen MR) is 52.7 cm³/mol. The Balaban J connectivity index is 2.69. The van der Waals surface area contributed by atoms with Crippen LogP contribution in [0.25, 0.3) is 0 Å². The Morgan fingerprint density at radius 2 is 2.50 bits per heavy atom. The highest BCUT2D eigenvalue weighted by molar-refractivity contribution is 7.13. The number of thiazole rings is 1. The minimum absolute atomic E-state index is 0.120. The quantitative estimate of drug-likeness (QED) is 0.718. The van der Waals surface area contributed by atoms with Crippen molar-refractivity contribution in [1.29, 1.82) is 0 Å². The number of anilines is 1. The van der Waals surface area contributed by atoms with E-state index >= 15 is 0 Å². The molecular formula is C8H12N2O3S. The minimum atomic E-state index is -1.28. The molecule has 0 amide bonds. The van der Waals surface area contributed by atoms with Crippen LogP contribution in [0.1, 0.15) is 19.5 Å². The maximum Gasteiger partial charge on any atom is 0.302 e. The smallest absolute Gasteiger partial charge is 0.302 e. The first-order valence-electron chi connectivity index (χ1n) is 3.99. The van der Waals surface area contributed by atoms with Gasteiger partial charge in [-0.25, -0.2) is 4.98 Å². The summed E-state index contributed by atoms with van der Waals surface area (Å²) in [4.78, 5) is 14.5. The standard InChI is InChI=1S/C8H12N2O3S/c1-5(11)13-4-8(2,12)6-3-14-7(9)10-6/h3,12H,4H2,1-2H3,(H2,9,10). The molecule has 14 heavy (non-hydrogen) atoms. The summed E-state index contributed by atoms with van der Waals surface area (Å²) >= 11 is 1.23. The maximum absolute atomic E-state index is 10.6. The first-order chi connectivity index (χ1) is 6.42. The monoisotopic (exact) mass is 216 g/mol. The molecule has 0 radical (unpaired) electrons. The van der Waals surface area contributed by atoms with Gasteiger partial charge in [0.1, 0.15) is 12.2 Å². The van der Waals surface area contributed by atoms with Gasteiger partial charge in [0.2, 0.25) is 0 Å². The number of aliphatic hydroxyl groups is 1. The highest BCUT2D eigenvalue weighted by Gasteiger charge is 2.27. The number of nitrogen functional groups attached to an aromatic ring is 1. The summed E-state index contributed by atoms with van der Waals surface area (Å²) in [5.41, 5.74) is 4.56. The second-order valence-corrected chi connectivity index (χ2v) is 4.01. The molecular weight excluding hydrogens is 204 g/mol. The van der Waals surface area contributed by atoms with Crippen LogP contribution in [0.4, 0.5) is 5.13 Å². The van der Waals surface area contributed by atoms with Gasteiger partial charge < -0.3 is 15.6 Å². The van der Waals surface area contributed by atoms with Crippen molar-refractivity contribution in [2.45, 2.75) is 19.4 Å². The van der Waals surface area contributed by atoms with Gasteiger partial charge in [0, 0.05) is 12.3 Å². The lowest BCUT2D eigenvalue weighted by atomic mass is 10.1. The molecule has 1 aromatic heterocycles. The van der Waals surface area contributed by atoms with Crippen LogP contribution in [0.5, 0.6) is 0 Å². The van der Waals surface area contributed by atoms with E-state index in [1.54, 1.807) is 5.38 Å². The maximum atomic E-state index is 10.6. The van der Waals surface area contributed by atoms with Crippen LogP contribution in [-0.4, -0.2) is 22.7 Å². The molecule has 1 unspecified atom stereocenters. The molecule has 0 aliphatic heterocycles. The van der Waals surface area contributed by atoms with E-state index in [2.05, 4.69) is 4.98 Å². The summed E-state index contributed by atoms with van der Waals surface area (Å²) in [7, 11) is 0. The fourth-order valence-corrected chi connectivity index (χ4v) is 1.54. The van der Waals surface area contributed by atoms with E-state index in [9.17, 15) is 9.90 Å². The molecule has 6 heteroatoms. The Morgan fingerprint density at radius 1 is 1.86 bits per heavy atom. The van der Waals surface area contributed by atoms with Crippen molar-refractivity contribution in [2.24, 2.45) is 0 Å². The number of carbonyl (C=O) groups is 1. The highest BCUT2D eigenvalue weighted by Crippen LogP contribution is 2.23. The van der Waals surface area contributed by atoms with Crippen molar-refractivity contribution in [1.82, 2.24) is 4.98 Å². The molecule has 5 nitrogen and oxygen atoms in total. The lowest BCUT2D eigenvalue weighted by Gasteiger charge is -2.19. The number of nitrogens with zero attached hydrogens (tertiary/aromatic N) is 1. The van der Waals surface area contributed by atoms with Crippen LogP contribution >= 0.6 is 11.3 Å². The second kappa shape index (κ2) is 3.93. The molecule has 0 saturated carbocycles. The predicted octanol–water partition coefficient (Wildman–Crippen LogP) is 0.496. The summed E-state index contributed by atoms with van der Waals surface area (Å²) in [5.74, 6) is -0.437. The number of ether oxygens (including phenoxy) is 1. The fourth-order valence-electron chi connectivity index (χ4n) is 0.851. The topological polar surface area (TPSA) is 85.4 Å². The average Bonchev–Trinajstić information content (AvgIpc) is 2.49. The second-order valence-electron chi connectivity index (χ2n) is 3.13. The molecule has 1 atom stereocenters. The van der Waals surface area contributed by atoms with Crippen LogP contribution in [0.3, 0.4) is 0 Å². The van der Waals surface area contributed by atoms with Gasteiger partial charge in [0.15, 0.2) is 5.13 Å². The molecule has 0 fully saturated rings. The van der Waals surface area contributed by atoms with Crippen LogP contribution in [-0.2, 0) is 15.1 Å². The largest absolute Gasteiger partial charge is 0.462 e. The van der Waals surface area contributed by atoms with Crippen LogP contribution < -0.4 is 5.73 Å². The first kappa shape index (κ1) is 10.9. The third kappa shape index (κ3) is 2.68. The highest BCUT2D eigenvalue weighted by atomic mass is 32.1. The number of rotatable bonds is 3. The molecule has 1 aromatic rings.